The second kappa shape index (κ2) is 1.52. The zero-order chi connectivity index (χ0) is 5.28. The molecule has 40 valence electrons. The summed E-state index contributed by atoms with van der Waals surface area (Å²) >= 11 is 0. The van der Waals surface area contributed by atoms with Gasteiger partial charge in [-0.05, 0) is 6.92 Å². The number of likely N-dealkylation sites (N-methyl/N-ethyl adjacent to an activating group) is 1. The normalized spacial score (nSPS) is 29.4. The Morgan fingerprint density at radius 2 is 2.57 bits per heavy atom. The summed E-state index contributed by atoms with van der Waals surface area (Å²) in [5.41, 5.74) is 0. The van der Waals surface area contributed by atoms with Crippen LogP contribution in [0.5, 0.6) is 0 Å². The number of aliphatic imine (C=N–C) groups is 1. The molecule has 0 fully saturated rings. The zero-order valence-corrected chi connectivity index (χ0v) is 4.76. The van der Waals surface area contributed by atoms with E-state index in [2.05, 4.69) is 16.8 Å². The van der Waals surface area contributed by atoms with Crippen molar-refractivity contribution in [2.24, 2.45) is 4.99 Å². The van der Waals surface area contributed by atoms with Crippen molar-refractivity contribution in [2.75, 3.05) is 13.6 Å². The monoisotopic (exact) mass is 98.1 g/mol. The first kappa shape index (κ1) is 4.62. The Morgan fingerprint density at radius 1 is 1.86 bits per heavy atom. The first-order valence-corrected chi connectivity index (χ1v) is 2.52. The highest BCUT2D eigenvalue weighted by Crippen LogP contribution is 1.98. The lowest BCUT2D eigenvalue weighted by atomic mass is 10.3. The van der Waals surface area contributed by atoms with Gasteiger partial charge in [0.05, 0.1) is 12.9 Å². The Morgan fingerprint density at radius 3 is 2.71 bits per heavy atom. The SMILES string of the molecule is C[C@H]1CN=CN1C. The molecule has 0 bridgehead atoms. The van der Waals surface area contributed by atoms with Crippen LogP contribution in [0.3, 0.4) is 0 Å². The predicted molar refractivity (Wildman–Crippen MR) is 30.6 cm³/mol. The molecule has 0 aromatic rings. The highest BCUT2D eigenvalue weighted by molar-refractivity contribution is 5.57. The lowest BCUT2D eigenvalue weighted by molar-refractivity contribution is 0.441. The van der Waals surface area contributed by atoms with Gasteiger partial charge in [0, 0.05) is 13.1 Å². The molecule has 0 unspecified atom stereocenters. The zero-order valence-electron chi connectivity index (χ0n) is 4.76. The van der Waals surface area contributed by atoms with Crippen molar-refractivity contribution in [3.63, 3.8) is 0 Å². The Bertz CT molecular complexity index is 88.1. The van der Waals surface area contributed by atoms with E-state index in [1.807, 2.05) is 13.4 Å². The van der Waals surface area contributed by atoms with Gasteiger partial charge in [-0.25, -0.2) is 0 Å². The highest BCUT2D eigenvalue weighted by Gasteiger charge is 2.08. The van der Waals surface area contributed by atoms with Gasteiger partial charge in [-0.15, -0.1) is 0 Å². The molecule has 1 atom stereocenters. The van der Waals surface area contributed by atoms with Crippen molar-refractivity contribution < 1.29 is 0 Å². The predicted octanol–water partition coefficient (Wildman–Crippen LogP) is 0.349. The van der Waals surface area contributed by atoms with Gasteiger partial charge in [-0.1, -0.05) is 0 Å². The Hall–Kier alpha value is -0.530. The van der Waals surface area contributed by atoms with Gasteiger partial charge in [-0.2, -0.15) is 0 Å². The van der Waals surface area contributed by atoms with E-state index in [-0.39, 0.29) is 0 Å². The van der Waals surface area contributed by atoms with E-state index >= 15 is 0 Å². The van der Waals surface area contributed by atoms with Crippen molar-refractivity contribution in [2.45, 2.75) is 13.0 Å². The molecular formula is C5H10N2. The van der Waals surface area contributed by atoms with E-state index in [1.165, 1.54) is 0 Å². The van der Waals surface area contributed by atoms with E-state index in [0.29, 0.717) is 6.04 Å². The quantitative estimate of drug-likeness (QED) is 0.427. The van der Waals surface area contributed by atoms with Crippen LogP contribution in [0.1, 0.15) is 6.92 Å². The highest BCUT2D eigenvalue weighted by atomic mass is 15.2. The molecule has 0 aliphatic carbocycles. The van der Waals surface area contributed by atoms with Crippen LogP contribution in [-0.2, 0) is 0 Å². The smallest absolute Gasteiger partial charge is 0.0851 e. The van der Waals surface area contributed by atoms with Crippen LogP contribution in [0.2, 0.25) is 0 Å². The third-order valence-corrected chi connectivity index (χ3v) is 1.33. The van der Waals surface area contributed by atoms with Gasteiger partial charge < -0.3 is 4.90 Å². The van der Waals surface area contributed by atoms with Gasteiger partial charge in [0.25, 0.3) is 0 Å². The molecule has 1 rings (SSSR count). The molecule has 0 aromatic heterocycles. The Balaban J connectivity index is 2.45. The number of nitrogens with zero attached hydrogens (tertiary/aromatic N) is 2. The molecule has 0 radical (unpaired) electrons. The van der Waals surface area contributed by atoms with Gasteiger partial charge in [-0.3, -0.25) is 4.99 Å². The minimum Gasteiger partial charge on any atom is -0.361 e. The Labute approximate surface area is 43.8 Å². The minimum absolute atomic E-state index is 0.625. The molecular weight excluding hydrogens is 88.1 g/mol. The van der Waals surface area contributed by atoms with Gasteiger partial charge in [0.1, 0.15) is 0 Å². The standard InChI is InChI=1S/C5H10N2/c1-5-3-6-4-7(5)2/h4-5H,3H2,1-2H3/t5-/m0/s1. The number of hydrogen-bond acceptors (Lipinski definition) is 2. The molecule has 2 heteroatoms. The summed E-state index contributed by atoms with van der Waals surface area (Å²) in [6, 6.07) is 0.625. The van der Waals surface area contributed by atoms with Crippen LogP contribution in [0.4, 0.5) is 0 Å². The third kappa shape index (κ3) is 0.734. The summed E-state index contributed by atoms with van der Waals surface area (Å²) in [7, 11) is 2.04. The first-order valence-electron chi connectivity index (χ1n) is 2.52. The van der Waals surface area contributed by atoms with Crippen LogP contribution in [0.15, 0.2) is 4.99 Å². The molecule has 0 N–H and O–H groups in total. The van der Waals surface area contributed by atoms with Crippen molar-refractivity contribution >= 4 is 6.34 Å². The van der Waals surface area contributed by atoms with Crippen LogP contribution in [0.25, 0.3) is 0 Å². The summed E-state index contributed by atoms with van der Waals surface area (Å²) in [5, 5.41) is 0. The van der Waals surface area contributed by atoms with Crippen LogP contribution >= 0.6 is 0 Å². The van der Waals surface area contributed by atoms with Crippen molar-refractivity contribution in [3.8, 4) is 0 Å². The van der Waals surface area contributed by atoms with E-state index in [4.69, 9.17) is 0 Å². The topological polar surface area (TPSA) is 15.6 Å². The van der Waals surface area contributed by atoms with Crippen LogP contribution in [-0.4, -0.2) is 30.9 Å². The first-order chi connectivity index (χ1) is 3.30. The van der Waals surface area contributed by atoms with Crippen LogP contribution in [0, 0.1) is 0 Å². The van der Waals surface area contributed by atoms with E-state index in [1.54, 1.807) is 0 Å². The molecule has 1 heterocycles. The number of hydrogen-bond donors (Lipinski definition) is 0. The fourth-order valence-electron chi connectivity index (χ4n) is 0.571. The summed E-state index contributed by atoms with van der Waals surface area (Å²) in [6.45, 7) is 3.13. The maximum atomic E-state index is 4.05. The van der Waals surface area contributed by atoms with Crippen LogP contribution < -0.4 is 0 Å². The molecule has 0 spiro atoms. The minimum atomic E-state index is 0.625. The fraction of sp³-hybridized carbons (Fsp3) is 0.800. The molecule has 0 amide bonds. The molecule has 0 aromatic carbocycles. The summed E-state index contributed by atoms with van der Waals surface area (Å²) in [4.78, 5) is 6.16. The second-order valence-corrected chi connectivity index (χ2v) is 2.00. The van der Waals surface area contributed by atoms with Crippen molar-refractivity contribution in [1.29, 1.82) is 0 Å². The fourth-order valence-corrected chi connectivity index (χ4v) is 0.571. The van der Waals surface area contributed by atoms with Crippen molar-refractivity contribution in [3.05, 3.63) is 0 Å². The van der Waals surface area contributed by atoms with Gasteiger partial charge in [0.15, 0.2) is 0 Å². The van der Waals surface area contributed by atoms with Gasteiger partial charge in [0.2, 0.25) is 0 Å². The molecule has 1 aliphatic heterocycles. The summed E-state index contributed by atoms with van der Waals surface area (Å²) in [5.74, 6) is 0. The lowest BCUT2D eigenvalue weighted by Gasteiger charge is -2.11. The molecule has 0 saturated heterocycles. The summed E-state index contributed by atoms with van der Waals surface area (Å²) in [6.07, 6.45) is 1.88. The average molecular weight is 98.1 g/mol. The van der Waals surface area contributed by atoms with Gasteiger partial charge >= 0.3 is 0 Å². The molecule has 7 heavy (non-hydrogen) atoms. The maximum absolute atomic E-state index is 4.05. The van der Waals surface area contributed by atoms with E-state index in [0.717, 1.165) is 6.54 Å². The average Bonchev–Trinajstić information content (AvgIpc) is 1.91. The summed E-state index contributed by atoms with van der Waals surface area (Å²) < 4.78 is 0. The Kier molecular flexibility index (Phi) is 1.01. The second-order valence-electron chi connectivity index (χ2n) is 2.00. The largest absolute Gasteiger partial charge is 0.361 e. The number of rotatable bonds is 0. The third-order valence-electron chi connectivity index (χ3n) is 1.33. The lowest BCUT2D eigenvalue weighted by Crippen LogP contribution is -2.23. The molecule has 2 nitrogen and oxygen atoms in total. The molecule has 0 saturated carbocycles. The molecule has 1 aliphatic rings. The maximum Gasteiger partial charge on any atom is 0.0851 e. The van der Waals surface area contributed by atoms with E-state index < -0.39 is 0 Å². The van der Waals surface area contributed by atoms with Crippen molar-refractivity contribution in [1.82, 2.24) is 4.90 Å². The van der Waals surface area contributed by atoms with E-state index in [9.17, 15) is 0 Å².